The standard InChI is InChI=1S/C31H66N2O12S3.3Na/c1-3-5-7-9-11-13-15-17-19-21-23-32(25-27-43-46(34,35)36)29-31(45-48(40,41)42)30-33(26-28-44-47(37,38)39)24-22-20-18-16-14-12-10-8-6-4-2;;;/h31H,3-30H2,1-2H3,(H,34,35,36)(H,37,38,39)(H,40,41,42);;;/q;3*+1/p-3. The molecule has 0 saturated heterocycles. The predicted octanol–water partition coefficient (Wildman–Crippen LogP) is -3.76. The third-order valence-electron chi connectivity index (χ3n) is 8.10. The van der Waals surface area contributed by atoms with Crippen LogP contribution in [-0.2, 0) is 43.7 Å². The van der Waals surface area contributed by atoms with E-state index in [0.29, 0.717) is 25.9 Å². The van der Waals surface area contributed by atoms with E-state index in [2.05, 4.69) is 22.2 Å². The molecular weight excluding hydrogens is 758 g/mol. The van der Waals surface area contributed by atoms with Gasteiger partial charge < -0.3 is 13.7 Å². The zero-order valence-electron chi connectivity index (χ0n) is 32.4. The zero-order valence-corrected chi connectivity index (χ0v) is 40.8. The van der Waals surface area contributed by atoms with Gasteiger partial charge in [0.15, 0.2) is 0 Å². The van der Waals surface area contributed by atoms with Crippen LogP contribution in [0.15, 0.2) is 0 Å². The number of nitrogens with zero attached hydrogens (tertiary/aromatic N) is 2. The molecule has 0 rings (SSSR count). The second-order valence-electron chi connectivity index (χ2n) is 12.6. The van der Waals surface area contributed by atoms with Crippen LogP contribution in [-0.4, -0.2) is 107 Å². The molecule has 290 valence electrons. The van der Waals surface area contributed by atoms with E-state index in [1.807, 2.05) is 0 Å². The summed E-state index contributed by atoms with van der Waals surface area (Å²) in [5.41, 5.74) is 0. The Morgan fingerprint density at radius 1 is 0.431 bits per heavy atom. The molecule has 0 amide bonds. The average molecular weight is 821 g/mol. The average Bonchev–Trinajstić information content (AvgIpc) is 2.96. The van der Waals surface area contributed by atoms with Gasteiger partial charge in [-0.3, -0.25) is 22.3 Å². The summed E-state index contributed by atoms with van der Waals surface area (Å²) < 4.78 is 115. The predicted molar refractivity (Wildman–Crippen MR) is 182 cm³/mol. The molecule has 0 aromatic rings. The summed E-state index contributed by atoms with van der Waals surface area (Å²) in [6, 6.07) is 0. The van der Waals surface area contributed by atoms with Crippen molar-refractivity contribution in [3.63, 3.8) is 0 Å². The summed E-state index contributed by atoms with van der Waals surface area (Å²) in [4.78, 5) is 3.37. The first-order valence-electron chi connectivity index (χ1n) is 17.9. The molecule has 0 aromatic heterocycles. The first kappa shape index (κ1) is 60.2. The first-order valence-corrected chi connectivity index (χ1v) is 21.9. The second-order valence-corrected chi connectivity index (χ2v) is 15.7. The number of hydrogen-bond acceptors (Lipinski definition) is 14. The Balaban J connectivity index is -0.00000368. The molecule has 0 spiro atoms. The quantitative estimate of drug-likeness (QED) is 0.0258. The van der Waals surface area contributed by atoms with Crippen LogP contribution in [0, 0.1) is 0 Å². The van der Waals surface area contributed by atoms with Crippen molar-refractivity contribution in [2.75, 3.05) is 52.5 Å². The molecule has 0 aliphatic carbocycles. The fourth-order valence-electron chi connectivity index (χ4n) is 5.63. The van der Waals surface area contributed by atoms with Crippen molar-refractivity contribution in [3.8, 4) is 0 Å². The summed E-state index contributed by atoms with van der Waals surface area (Å²) >= 11 is 0. The van der Waals surface area contributed by atoms with Crippen molar-refractivity contribution in [2.45, 2.75) is 148 Å². The largest absolute Gasteiger partial charge is 1.00 e. The Morgan fingerprint density at radius 3 is 0.961 bits per heavy atom. The summed E-state index contributed by atoms with van der Waals surface area (Å²) in [6.07, 6.45) is 20.6. The molecule has 20 heteroatoms. The normalized spacial score (nSPS) is 12.2. The van der Waals surface area contributed by atoms with Gasteiger partial charge in [0.1, 0.15) is 6.10 Å². The Morgan fingerprint density at radius 2 is 0.706 bits per heavy atom. The minimum Gasteiger partial charge on any atom is -0.726 e. The van der Waals surface area contributed by atoms with E-state index in [-0.39, 0.29) is 115 Å². The van der Waals surface area contributed by atoms with Crippen LogP contribution in [0.25, 0.3) is 0 Å². The third kappa shape index (κ3) is 46.8. The van der Waals surface area contributed by atoms with E-state index in [4.69, 9.17) is 4.18 Å². The summed E-state index contributed by atoms with van der Waals surface area (Å²) in [5.74, 6) is 0. The molecule has 0 bridgehead atoms. The molecule has 0 radical (unpaired) electrons. The van der Waals surface area contributed by atoms with Crippen molar-refractivity contribution in [3.05, 3.63) is 0 Å². The maximum Gasteiger partial charge on any atom is 1.00 e. The summed E-state index contributed by atoms with van der Waals surface area (Å²) in [6.45, 7) is 3.99. The minimum atomic E-state index is -5.15. The van der Waals surface area contributed by atoms with Gasteiger partial charge >= 0.3 is 88.7 Å². The fourth-order valence-corrected chi connectivity index (χ4v) is 6.64. The van der Waals surface area contributed by atoms with Crippen LogP contribution >= 0.6 is 0 Å². The number of rotatable bonds is 36. The number of unbranched alkanes of at least 4 members (excludes halogenated alkanes) is 18. The van der Waals surface area contributed by atoms with Crippen LogP contribution < -0.4 is 88.7 Å². The third-order valence-corrected chi connectivity index (χ3v) is 9.52. The second kappa shape index (κ2) is 38.1. The SMILES string of the molecule is CCCCCCCCCCCCN(CCOS(=O)(=O)[O-])CC(CN(CCCCCCCCCCCC)CCOS(=O)(=O)[O-])OS(=O)(=O)[O-].[Na+].[Na+].[Na+]. The summed E-state index contributed by atoms with van der Waals surface area (Å²) in [5, 5.41) is 0. The molecule has 0 atom stereocenters. The van der Waals surface area contributed by atoms with Crippen LogP contribution in [0.2, 0.25) is 0 Å². The first-order chi connectivity index (χ1) is 22.6. The van der Waals surface area contributed by atoms with Crippen LogP contribution in [0.1, 0.15) is 142 Å². The van der Waals surface area contributed by atoms with Crippen molar-refractivity contribution < 1.29 is 140 Å². The van der Waals surface area contributed by atoms with Gasteiger partial charge in [-0.25, -0.2) is 25.3 Å². The van der Waals surface area contributed by atoms with Gasteiger partial charge in [-0.15, -0.1) is 0 Å². The van der Waals surface area contributed by atoms with Gasteiger partial charge in [0, 0.05) is 26.2 Å². The van der Waals surface area contributed by atoms with Crippen LogP contribution in [0.5, 0.6) is 0 Å². The van der Waals surface area contributed by atoms with Crippen molar-refractivity contribution >= 4 is 31.2 Å². The zero-order chi connectivity index (χ0) is 36.2. The molecule has 14 nitrogen and oxygen atoms in total. The molecule has 51 heavy (non-hydrogen) atoms. The van der Waals surface area contributed by atoms with Gasteiger partial charge in [-0.05, 0) is 25.9 Å². The fraction of sp³-hybridized carbons (Fsp3) is 1.00. The van der Waals surface area contributed by atoms with Crippen LogP contribution in [0.3, 0.4) is 0 Å². The minimum absolute atomic E-state index is 0. The van der Waals surface area contributed by atoms with E-state index >= 15 is 0 Å². The van der Waals surface area contributed by atoms with Crippen molar-refractivity contribution in [1.82, 2.24) is 9.80 Å². The van der Waals surface area contributed by atoms with Gasteiger partial charge in [0.05, 0.1) is 13.2 Å². The van der Waals surface area contributed by atoms with E-state index < -0.39 is 50.5 Å². The van der Waals surface area contributed by atoms with Crippen LogP contribution in [0.4, 0.5) is 0 Å². The Labute approximate surface area is 377 Å². The van der Waals surface area contributed by atoms with Gasteiger partial charge in [-0.2, -0.15) is 0 Å². The van der Waals surface area contributed by atoms with Gasteiger partial charge in [0.2, 0.25) is 31.2 Å². The molecule has 0 saturated carbocycles. The molecule has 0 aliphatic heterocycles. The maximum atomic E-state index is 11.7. The molecule has 0 aliphatic rings. The molecule has 0 aromatic carbocycles. The maximum absolute atomic E-state index is 11.7. The Kier molecular flexibility index (Phi) is 44.9. The van der Waals surface area contributed by atoms with Crippen molar-refractivity contribution in [2.24, 2.45) is 0 Å². The van der Waals surface area contributed by atoms with Gasteiger partial charge in [0.25, 0.3) is 0 Å². The smallest absolute Gasteiger partial charge is 0.726 e. The number of hydrogen-bond donors (Lipinski definition) is 0. The molecular formula is C31H63N2Na3O12S3. The Bertz CT molecular complexity index is 1020. The van der Waals surface area contributed by atoms with E-state index in [1.165, 1.54) is 64.2 Å². The van der Waals surface area contributed by atoms with Crippen molar-refractivity contribution in [1.29, 1.82) is 0 Å². The van der Waals surface area contributed by atoms with Gasteiger partial charge in [-0.1, -0.05) is 129 Å². The van der Waals surface area contributed by atoms with E-state index in [1.54, 1.807) is 9.80 Å². The molecule has 0 N–H and O–H groups in total. The molecule has 0 heterocycles. The van der Waals surface area contributed by atoms with E-state index in [0.717, 1.165) is 51.4 Å². The topological polar surface area (TPSA) is 206 Å². The van der Waals surface area contributed by atoms with E-state index in [9.17, 15) is 38.9 Å². The Hall–Kier alpha value is 2.53. The molecule has 0 unspecified atom stereocenters. The monoisotopic (exact) mass is 820 g/mol. The molecule has 0 fully saturated rings. The summed E-state index contributed by atoms with van der Waals surface area (Å²) in [7, 11) is -15.0.